The maximum absolute atomic E-state index is 14.6. The lowest BCUT2D eigenvalue weighted by Gasteiger charge is -2.72. The fourth-order valence-corrected chi connectivity index (χ4v) is 14.9. The number of alkyl halides is 3. The van der Waals surface area contributed by atoms with E-state index >= 15 is 0 Å². The molecule has 0 aromatic carbocycles. The highest BCUT2D eigenvalue weighted by Crippen LogP contribution is 2.76. The molecule has 3 N–H and O–H groups in total. The van der Waals surface area contributed by atoms with Gasteiger partial charge in [0.1, 0.15) is 17.3 Å². The van der Waals surface area contributed by atoms with Gasteiger partial charge in [-0.05, 0) is 142 Å². The summed E-state index contributed by atoms with van der Waals surface area (Å²) in [5, 5.41) is 19.4. The number of likely N-dealkylation sites (N-methyl/N-ethyl adjacent to an activating group) is 1. The highest BCUT2D eigenvalue weighted by Gasteiger charge is 2.71. The van der Waals surface area contributed by atoms with Gasteiger partial charge in [-0.1, -0.05) is 62.3 Å². The largest absolute Gasteiger partial charge is 0.481 e. The van der Waals surface area contributed by atoms with Crippen LogP contribution in [0.4, 0.5) is 13.2 Å². The molecule has 7 rings (SSSR count). The number of amides is 2. The highest BCUT2D eigenvalue weighted by atomic mass is 19.4. The molecule has 6 aliphatic carbocycles. The van der Waals surface area contributed by atoms with Gasteiger partial charge in [-0.25, -0.2) is 0 Å². The number of allylic oxidation sites excluding steroid dienone is 1. The van der Waals surface area contributed by atoms with E-state index in [1.165, 1.54) is 13.8 Å². The Morgan fingerprint density at radius 1 is 0.908 bits per heavy atom. The van der Waals surface area contributed by atoms with Crippen LogP contribution in [0.5, 0.6) is 0 Å². The molecule has 5 saturated carbocycles. The van der Waals surface area contributed by atoms with Crippen molar-refractivity contribution in [3.8, 4) is 0 Å². The summed E-state index contributed by atoms with van der Waals surface area (Å²) in [5.41, 5.74) is -3.58. The zero-order valence-corrected chi connectivity index (χ0v) is 41.0. The van der Waals surface area contributed by atoms with Gasteiger partial charge in [0.15, 0.2) is 11.5 Å². The van der Waals surface area contributed by atoms with Crippen LogP contribution in [0.15, 0.2) is 17.2 Å². The van der Waals surface area contributed by atoms with Gasteiger partial charge in [-0.15, -0.1) is 0 Å². The molecule has 0 aliphatic heterocycles. The SMILES string of the molecule is CC(C)C1=C2[C@H]3CC[C@@H]4[C@@]5(C)CC[C@H](OC(=O)[C@H]6C[C@@H](C(=O)O)C6(C)C)C(C)(C)[C@@H]5CC[C@@]4(C)[C@]3(C)CC[C@@]2(NC(=O)C(C)(C)NC(=O)c2cc(C(F)(F)F)nn2CCN(C)C)CC1=O. The minimum Gasteiger partial charge on any atom is -0.481 e. The van der Waals surface area contributed by atoms with Gasteiger partial charge in [0.25, 0.3) is 5.91 Å². The Bertz CT molecular complexity index is 2170. The van der Waals surface area contributed by atoms with E-state index in [1.54, 1.807) is 19.0 Å². The number of aromatic nitrogens is 2. The molecule has 65 heavy (non-hydrogen) atoms. The summed E-state index contributed by atoms with van der Waals surface area (Å²) in [7, 11) is 3.53. The van der Waals surface area contributed by atoms with Gasteiger partial charge in [-0.3, -0.25) is 28.7 Å². The van der Waals surface area contributed by atoms with E-state index < -0.39 is 58.0 Å². The molecule has 0 spiro atoms. The molecule has 1 heterocycles. The van der Waals surface area contributed by atoms with Gasteiger partial charge in [0.2, 0.25) is 5.91 Å². The van der Waals surface area contributed by atoms with Crippen LogP contribution in [-0.4, -0.2) is 87.1 Å². The lowest BCUT2D eigenvalue weighted by Crippen LogP contribution is -2.68. The van der Waals surface area contributed by atoms with Crippen molar-refractivity contribution in [2.45, 2.75) is 170 Å². The second-order valence-electron chi connectivity index (χ2n) is 24.0. The zero-order chi connectivity index (χ0) is 48.4. The summed E-state index contributed by atoms with van der Waals surface area (Å²) in [4.78, 5) is 69.9. The minimum absolute atomic E-state index is 0.0112. The van der Waals surface area contributed by atoms with Crippen LogP contribution in [0.1, 0.15) is 157 Å². The fraction of sp³-hybridized carbons (Fsp3) is 0.800. The lowest BCUT2D eigenvalue weighted by molar-refractivity contribution is -0.235. The van der Waals surface area contributed by atoms with Crippen molar-refractivity contribution in [3.05, 3.63) is 28.6 Å². The Kier molecular flexibility index (Phi) is 12.0. The summed E-state index contributed by atoms with van der Waals surface area (Å²) >= 11 is 0. The second kappa shape index (κ2) is 15.9. The summed E-state index contributed by atoms with van der Waals surface area (Å²) < 4.78 is 48.8. The van der Waals surface area contributed by atoms with E-state index in [0.717, 1.165) is 60.8 Å². The molecule has 1 aromatic rings. The molecule has 0 radical (unpaired) electrons. The number of carbonyl (C=O) groups is 5. The molecule has 12 nitrogen and oxygen atoms in total. The van der Waals surface area contributed by atoms with Crippen molar-refractivity contribution in [1.82, 2.24) is 25.3 Å². The molecule has 2 amide bonds. The molecule has 362 valence electrons. The van der Waals surface area contributed by atoms with Crippen LogP contribution in [-0.2, 0) is 36.6 Å². The number of hydrogen-bond donors (Lipinski definition) is 3. The number of carboxylic acids is 1. The maximum atomic E-state index is 14.6. The summed E-state index contributed by atoms with van der Waals surface area (Å²) in [6.07, 6.45) is 2.00. The normalized spacial score (nSPS) is 36.2. The van der Waals surface area contributed by atoms with Crippen LogP contribution in [0.25, 0.3) is 0 Å². The van der Waals surface area contributed by atoms with Crippen molar-refractivity contribution in [3.63, 3.8) is 0 Å². The fourth-order valence-electron chi connectivity index (χ4n) is 14.9. The molecule has 0 unspecified atom stereocenters. The average molecular weight is 914 g/mol. The van der Waals surface area contributed by atoms with Gasteiger partial charge in [0.05, 0.1) is 23.9 Å². The third-order valence-corrected chi connectivity index (χ3v) is 18.9. The van der Waals surface area contributed by atoms with Crippen LogP contribution in [0.2, 0.25) is 0 Å². The number of carbonyl (C=O) groups excluding carboxylic acids is 4. The number of Topliss-reactive ketones (excluding diaryl/α,β-unsaturated/α-hetero) is 1. The van der Waals surface area contributed by atoms with Crippen molar-refractivity contribution in [2.75, 3.05) is 20.6 Å². The number of halogens is 3. The number of ketones is 1. The number of fused-ring (bicyclic) bond motifs is 7. The van der Waals surface area contributed by atoms with E-state index in [1.807, 2.05) is 27.7 Å². The number of nitrogens with one attached hydrogen (secondary N) is 2. The molecule has 1 aromatic heterocycles. The highest BCUT2D eigenvalue weighted by molar-refractivity contribution is 6.03. The van der Waals surface area contributed by atoms with Crippen LogP contribution < -0.4 is 10.6 Å². The molecule has 0 saturated heterocycles. The first-order valence-corrected chi connectivity index (χ1v) is 23.9. The second-order valence-corrected chi connectivity index (χ2v) is 24.0. The topological polar surface area (TPSA) is 160 Å². The standard InChI is InChI=1S/C50H74F3N5O7/c1-27(2)37-32(59)26-49(55-42(64)45(7,8)54-39(60)31-25-35(50(51,52)53)56-58(31)23-22-57(12)13)21-20-47(10)28(38(37)49)14-15-34-46(9)18-17-36(44(5,6)33(46)16-19-48(34,47)11)65-41(63)30-24-29(40(61)62)43(30,3)4/h25,27-30,33-34,36H,14-24,26H2,1-13H3,(H,54,60)(H,55,64)(H,61,62)/t28-,29+,30-,33+,34-,36+,46+,47-,48-,49-/m1/s1. The first-order valence-electron chi connectivity index (χ1n) is 23.9. The third kappa shape index (κ3) is 7.67. The van der Waals surface area contributed by atoms with Crippen molar-refractivity contribution in [2.24, 2.45) is 62.6 Å². The lowest BCUT2D eigenvalue weighted by atomic mass is 9.33. The molecule has 10 atom stereocenters. The van der Waals surface area contributed by atoms with E-state index in [9.17, 15) is 42.3 Å². The molecule has 6 aliphatic rings. The predicted octanol–water partition coefficient (Wildman–Crippen LogP) is 8.48. The molecular weight excluding hydrogens is 840 g/mol. The molecule has 15 heteroatoms. The molecular formula is C50H74F3N5O7. The van der Waals surface area contributed by atoms with E-state index in [2.05, 4.69) is 50.4 Å². The van der Waals surface area contributed by atoms with Crippen LogP contribution in [0.3, 0.4) is 0 Å². The van der Waals surface area contributed by atoms with Crippen LogP contribution >= 0.6 is 0 Å². The number of nitrogens with zero attached hydrogens (tertiary/aromatic N) is 3. The van der Waals surface area contributed by atoms with Crippen LogP contribution in [0, 0.1) is 62.6 Å². The van der Waals surface area contributed by atoms with E-state index in [4.69, 9.17) is 4.74 Å². The maximum Gasteiger partial charge on any atom is 0.435 e. The summed E-state index contributed by atoms with van der Waals surface area (Å²) in [5.74, 6) is -2.95. The van der Waals surface area contributed by atoms with E-state index in [-0.39, 0.29) is 75.9 Å². The van der Waals surface area contributed by atoms with Crippen molar-refractivity contribution in [1.29, 1.82) is 0 Å². The number of ether oxygens (including phenoxy) is 1. The number of esters is 1. The number of rotatable bonds is 11. The monoisotopic (exact) mass is 914 g/mol. The Hall–Kier alpha value is -3.75. The van der Waals surface area contributed by atoms with Crippen molar-refractivity contribution >= 4 is 29.5 Å². The van der Waals surface area contributed by atoms with Gasteiger partial charge in [-0.2, -0.15) is 18.3 Å². The molecule has 0 bridgehead atoms. The van der Waals surface area contributed by atoms with Gasteiger partial charge in [0, 0.05) is 24.4 Å². The smallest absolute Gasteiger partial charge is 0.435 e. The average Bonchev–Trinajstić information content (AvgIpc) is 3.74. The minimum atomic E-state index is -4.77. The van der Waals surface area contributed by atoms with Gasteiger partial charge >= 0.3 is 18.1 Å². The Balaban J connectivity index is 1.13. The predicted molar refractivity (Wildman–Crippen MR) is 238 cm³/mol. The van der Waals surface area contributed by atoms with Gasteiger partial charge < -0.3 is 25.4 Å². The Morgan fingerprint density at radius 2 is 1.57 bits per heavy atom. The third-order valence-electron chi connectivity index (χ3n) is 18.9. The first-order chi connectivity index (χ1) is 29.8. The Labute approximate surface area is 383 Å². The Morgan fingerprint density at radius 3 is 2.15 bits per heavy atom. The molecule has 5 fully saturated rings. The van der Waals surface area contributed by atoms with Crippen molar-refractivity contribution < 1.29 is 47.0 Å². The first kappa shape index (κ1) is 49.2. The summed E-state index contributed by atoms with van der Waals surface area (Å²) in [6, 6.07) is 0.715. The zero-order valence-electron chi connectivity index (χ0n) is 41.0. The van der Waals surface area contributed by atoms with E-state index in [0.29, 0.717) is 31.4 Å². The number of hydrogen-bond acceptors (Lipinski definition) is 8. The number of carboxylic acid groups (broad SMARTS) is 1. The summed E-state index contributed by atoms with van der Waals surface area (Å²) in [6.45, 7) is 23.0. The quantitative estimate of drug-likeness (QED) is 0.185. The number of aliphatic carboxylic acids is 1.